The summed E-state index contributed by atoms with van der Waals surface area (Å²) in [6, 6.07) is 70.5. The molecule has 0 unspecified atom stereocenters. The van der Waals surface area contributed by atoms with Gasteiger partial charge in [-0.3, -0.25) is 0 Å². The SMILES string of the molecule is CC.CC.CC.CC.CC.CC.CC.Cc1ccccc1.c1cc2ccc3cccc4ccc(c1)c2c34.c1ccc(Cc2ccccc2)cc1.c1ccc2c(c1)Cc1ccccc1-2. The lowest BCUT2D eigenvalue weighted by Crippen LogP contribution is -1.85. The molecule has 0 bridgehead atoms. The predicted octanol–water partition coefficient (Wildman–Crippen LogP) is 20.3. The summed E-state index contributed by atoms with van der Waals surface area (Å²) in [6.07, 6.45) is 2.13. The minimum atomic E-state index is 1.03. The van der Waals surface area contributed by atoms with Gasteiger partial charge in [0.1, 0.15) is 0 Å². The van der Waals surface area contributed by atoms with E-state index in [1.165, 1.54) is 71.3 Å². The van der Waals surface area contributed by atoms with Crippen molar-refractivity contribution in [1.82, 2.24) is 0 Å². The molecule has 334 valence electrons. The highest BCUT2D eigenvalue weighted by atomic mass is 14.2. The van der Waals surface area contributed by atoms with Gasteiger partial charge in [0, 0.05) is 0 Å². The average molecular weight is 839 g/mol. The Balaban J connectivity index is 0.000000759. The largest absolute Gasteiger partial charge is 0.0683 e. The van der Waals surface area contributed by atoms with Gasteiger partial charge in [0.25, 0.3) is 0 Å². The summed E-state index contributed by atoms with van der Waals surface area (Å²) in [6.45, 7) is 30.1. The molecule has 0 radical (unpaired) electrons. The van der Waals surface area contributed by atoms with Crippen molar-refractivity contribution in [3.05, 3.63) is 228 Å². The van der Waals surface area contributed by atoms with Crippen LogP contribution in [0.1, 0.15) is 125 Å². The maximum absolute atomic E-state index is 2.22. The number of fused-ring (bicyclic) bond motifs is 3. The Morgan fingerprint density at radius 3 is 0.825 bits per heavy atom. The summed E-state index contributed by atoms with van der Waals surface area (Å²) in [5, 5.41) is 8.14. The number of hydrogen-bond acceptors (Lipinski definition) is 0. The summed E-state index contributed by atoms with van der Waals surface area (Å²) in [5.41, 5.74) is 9.81. The molecule has 0 nitrogen and oxygen atoms in total. The van der Waals surface area contributed by atoms with Gasteiger partial charge in [-0.2, -0.15) is 0 Å². The van der Waals surface area contributed by atoms with Gasteiger partial charge in [-0.1, -0.05) is 303 Å². The fourth-order valence-corrected chi connectivity index (χ4v) is 6.71. The fourth-order valence-electron chi connectivity index (χ4n) is 6.71. The molecule has 1 aliphatic rings. The summed E-state index contributed by atoms with van der Waals surface area (Å²) in [7, 11) is 0. The zero-order valence-corrected chi connectivity index (χ0v) is 42.0. The Hall–Kier alpha value is -5.98. The lowest BCUT2D eigenvalue weighted by molar-refractivity contribution is 1.19. The van der Waals surface area contributed by atoms with Crippen molar-refractivity contribution >= 4 is 32.3 Å². The Bertz CT molecular complexity index is 2160. The van der Waals surface area contributed by atoms with Crippen LogP contribution in [0.2, 0.25) is 0 Å². The van der Waals surface area contributed by atoms with Crippen LogP contribution in [0, 0.1) is 6.92 Å². The van der Waals surface area contributed by atoms with Gasteiger partial charge < -0.3 is 0 Å². The van der Waals surface area contributed by atoms with Crippen LogP contribution < -0.4 is 0 Å². The summed E-state index contributed by atoms with van der Waals surface area (Å²) in [4.78, 5) is 0. The second-order valence-electron chi connectivity index (χ2n) is 12.6. The van der Waals surface area contributed by atoms with E-state index in [2.05, 4.69) is 189 Å². The van der Waals surface area contributed by atoms with E-state index in [9.17, 15) is 0 Å². The molecule has 0 amide bonds. The van der Waals surface area contributed by atoms with E-state index in [0.717, 1.165) is 12.8 Å². The highest BCUT2D eigenvalue weighted by Gasteiger charge is 2.15. The molecule has 63 heavy (non-hydrogen) atoms. The maximum Gasteiger partial charge on any atom is -0.00135 e. The second-order valence-corrected chi connectivity index (χ2v) is 12.6. The molecule has 0 spiro atoms. The van der Waals surface area contributed by atoms with E-state index >= 15 is 0 Å². The van der Waals surface area contributed by atoms with Crippen LogP contribution in [0.3, 0.4) is 0 Å². The van der Waals surface area contributed by atoms with Crippen molar-refractivity contribution in [2.45, 2.75) is 117 Å². The summed E-state index contributed by atoms with van der Waals surface area (Å²) in [5.74, 6) is 0. The van der Waals surface area contributed by atoms with Crippen molar-refractivity contribution < 1.29 is 0 Å². The molecule has 0 heteroatoms. The van der Waals surface area contributed by atoms with E-state index in [4.69, 9.17) is 0 Å². The van der Waals surface area contributed by atoms with Gasteiger partial charge in [0.2, 0.25) is 0 Å². The van der Waals surface area contributed by atoms with Crippen LogP contribution in [0.4, 0.5) is 0 Å². The molecule has 0 atom stereocenters. The number of aryl methyl sites for hydroxylation is 1. The van der Waals surface area contributed by atoms with E-state index in [0.29, 0.717) is 0 Å². The molecule has 1 aliphatic carbocycles. The number of hydrogen-bond donors (Lipinski definition) is 0. The fraction of sp³-hybridized carbons (Fsp3) is 0.270. The van der Waals surface area contributed by atoms with Gasteiger partial charge in [-0.25, -0.2) is 0 Å². The molecule has 0 aromatic heterocycles. The number of rotatable bonds is 2. The molecule has 0 N–H and O–H groups in total. The van der Waals surface area contributed by atoms with E-state index in [1.54, 1.807) is 0 Å². The third-order valence-corrected chi connectivity index (χ3v) is 9.13. The van der Waals surface area contributed by atoms with Gasteiger partial charge in [-0.05, 0) is 85.5 Å². The van der Waals surface area contributed by atoms with E-state index in [1.807, 2.05) is 115 Å². The van der Waals surface area contributed by atoms with Gasteiger partial charge in [0.15, 0.2) is 0 Å². The molecule has 0 aliphatic heterocycles. The minimum Gasteiger partial charge on any atom is -0.0683 e. The molecule has 0 fully saturated rings. The molecule has 0 heterocycles. The quantitative estimate of drug-likeness (QED) is 0.152. The molecule has 9 aromatic rings. The first-order chi connectivity index (χ1) is 31.2. The normalized spacial score (nSPS) is 9.19. The van der Waals surface area contributed by atoms with Crippen molar-refractivity contribution in [2.24, 2.45) is 0 Å². The van der Waals surface area contributed by atoms with Crippen molar-refractivity contribution in [3.63, 3.8) is 0 Å². The smallest absolute Gasteiger partial charge is 0.00135 e. The summed E-state index contributed by atoms with van der Waals surface area (Å²) < 4.78 is 0. The number of benzene rings is 9. The predicted molar refractivity (Wildman–Crippen MR) is 291 cm³/mol. The Morgan fingerprint density at radius 2 is 0.540 bits per heavy atom. The van der Waals surface area contributed by atoms with Crippen LogP contribution in [-0.2, 0) is 12.8 Å². The third-order valence-electron chi connectivity index (χ3n) is 9.13. The van der Waals surface area contributed by atoms with Crippen LogP contribution in [-0.4, -0.2) is 0 Å². The molecule has 9 aromatic carbocycles. The molecule has 0 saturated heterocycles. The lowest BCUT2D eigenvalue weighted by Gasteiger charge is -2.09. The molecule has 0 saturated carbocycles. The van der Waals surface area contributed by atoms with Crippen LogP contribution in [0.25, 0.3) is 43.4 Å². The molecular formula is C63H82. The van der Waals surface area contributed by atoms with Gasteiger partial charge in [0.05, 0.1) is 0 Å². The van der Waals surface area contributed by atoms with E-state index in [-0.39, 0.29) is 0 Å². The van der Waals surface area contributed by atoms with Gasteiger partial charge in [-0.15, -0.1) is 0 Å². The highest BCUT2D eigenvalue weighted by Crippen LogP contribution is 2.36. The van der Waals surface area contributed by atoms with Crippen LogP contribution in [0.15, 0.2) is 200 Å². The standard InChI is InChI=1S/C16H10.C13H10.C13H12.C7H8.7C2H6/c1-3-11-7-9-13-5-2-6-14-10-8-12(4-1)15(11)16(13)14;1-3-7-12-10(5-1)9-11-6-2-4-8-13(11)12;1-3-7-12(8-4-1)11-13-9-5-2-6-10-13;1-7-5-3-2-4-6-7;7*1-2/h1-10H;1-8H,9H2;1-10H,11H2;2-6H,1H3;7*1-2H3. The maximum atomic E-state index is 2.22. The topological polar surface area (TPSA) is 0 Å². The first-order valence-corrected chi connectivity index (χ1v) is 24.1. The Morgan fingerprint density at radius 1 is 0.270 bits per heavy atom. The van der Waals surface area contributed by atoms with Crippen molar-refractivity contribution in [2.75, 3.05) is 0 Å². The van der Waals surface area contributed by atoms with Crippen molar-refractivity contribution in [1.29, 1.82) is 0 Å². The molecule has 10 rings (SSSR count). The van der Waals surface area contributed by atoms with Crippen molar-refractivity contribution in [3.8, 4) is 11.1 Å². The average Bonchev–Trinajstić information content (AvgIpc) is 3.78. The first-order valence-electron chi connectivity index (χ1n) is 24.1. The monoisotopic (exact) mass is 839 g/mol. The van der Waals surface area contributed by atoms with Crippen LogP contribution >= 0.6 is 0 Å². The van der Waals surface area contributed by atoms with E-state index < -0.39 is 0 Å². The lowest BCUT2D eigenvalue weighted by atomic mass is 9.95. The second kappa shape index (κ2) is 36.7. The third kappa shape index (κ3) is 18.5. The zero-order valence-electron chi connectivity index (χ0n) is 42.0. The first kappa shape index (κ1) is 57.0. The summed E-state index contributed by atoms with van der Waals surface area (Å²) >= 11 is 0. The molecular weight excluding hydrogens is 757 g/mol. The highest BCUT2D eigenvalue weighted by molar-refractivity contribution is 6.22. The van der Waals surface area contributed by atoms with Gasteiger partial charge >= 0.3 is 0 Å². The zero-order chi connectivity index (χ0) is 47.3. The Kier molecular flexibility index (Phi) is 33.2. The minimum absolute atomic E-state index is 1.03. The Labute approximate surface area is 386 Å². The van der Waals surface area contributed by atoms with Crippen LogP contribution in [0.5, 0.6) is 0 Å².